The minimum absolute atomic E-state index is 0.419. The van der Waals surface area contributed by atoms with Gasteiger partial charge in [0, 0.05) is 26.0 Å². The van der Waals surface area contributed by atoms with Crippen LogP contribution >= 0.6 is 55.1 Å². The third-order valence-corrected chi connectivity index (χ3v) is 4.92. The Labute approximate surface area is 138 Å². The second kappa shape index (κ2) is 6.59. The highest BCUT2D eigenvalue weighted by Gasteiger charge is 2.15. The topological polar surface area (TPSA) is 20.2 Å². The Hall–Kier alpha value is -0.0600. The fourth-order valence-electron chi connectivity index (χ4n) is 1.78. The van der Waals surface area contributed by atoms with Crippen molar-refractivity contribution in [1.29, 1.82) is 0 Å². The molecule has 2 aromatic rings. The lowest BCUT2D eigenvalue weighted by atomic mass is 10.0. The van der Waals surface area contributed by atoms with Gasteiger partial charge < -0.3 is 5.11 Å². The summed E-state index contributed by atoms with van der Waals surface area (Å²) < 4.78 is 1.68. The average Bonchev–Trinajstić information content (AvgIpc) is 2.36. The second-order valence-corrected chi connectivity index (χ2v) is 6.65. The van der Waals surface area contributed by atoms with Crippen molar-refractivity contribution in [3.8, 4) is 0 Å². The van der Waals surface area contributed by atoms with Crippen LogP contribution in [0.4, 0.5) is 0 Å². The molecule has 0 heterocycles. The normalized spacial score (nSPS) is 12.5. The van der Waals surface area contributed by atoms with Crippen LogP contribution in [0.5, 0.6) is 0 Å². The standard InChI is InChI=1S/C14H10Br2Cl2O/c15-9-5-4-8(12(17)7-9)6-13(19)10-2-1-3-11(16)14(10)18/h1-5,7,13,19H,6H2. The lowest BCUT2D eigenvalue weighted by molar-refractivity contribution is 0.178. The quantitative estimate of drug-likeness (QED) is 0.660. The highest BCUT2D eigenvalue weighted by molar-refractivity contribution is 9.10. The summed E-state index contributed by atoms with van der Waals surface area (Å²) >= 11 is 19.0. The summed E-state index contributed by atoms with van der Waals surface area (Å²) in [6, 6.07) is 11.1. The number of aliphatic hydroxyl groups is 1. The third-order valence-electron chi connectivity index (χ3n) is 2.77. The SMILES string of the molecule is OC(Cc1ccc(Br)cc1Cl)c1cccc(Br)c1Cl. The van der Waals surface area contributed by atoms with E-state index in [4.69, 9.17) is 23.2 Å². The van der Waals surface area contributed by atoms with E-state index in [1.165, 1.54) is 0 Å². The van der Waals surface area contributed by atoms with Gasteiger partial charge in [0.1, 0.15) is 0 Å². The predicted octanol–water partition coefficient (Wildman–Crippen LogP) is 5.79. The molecule has 2 aromatic carbocycles. The summed E-state index contributed by atoms with van der Waals surface area (Å²) in [6.07, 6.45) is -0.272. The van der Waals surface area contributed by atoms with Crippen LogP contribution in [-0.4, -0.2) is 5.11 Å². The molecule has 1 unspecified atom stereocenters. The molecule has 0 fully saturated rings. The van der Waals surface area contributed by atoms with E-state index < -0.39 is 6.10 Å². The van der Waals surface area contributed by atoms with Crippen LogP contribution in [0.25, 0.3) is 0 Å². The van der Waals surface area contributed by atoms with Crippen molar-refractivity contribution < 1.29 is 5.11 Å². The van der Waals surface area contributed by atoms with Crippen molar-refractivity contribution in [2.24, 2.45) is 0 Å². The van der Waals surface area contributed by atoms with E-state index in [-0.39, 0.29) is 0 Å². The number of hydrogen-bond acceptors (Lipinski definition) is 1. The van der Waals surface area contributed by atoms with Gasteiger partial charge in [-0.1, -0.05) is 57.3 Å². The Balaban J connectivity index is 2.25. The minimum atomic E-state index is -0.691. The molecule has 0 aromatic heterocycles. The molecule has 0 aliphatic rings. The van der Waals surface area contributed by atoms with E-state index >= 15 is 0 Å². The largest absolute Gasteiger partial charge is 0.388 e. The maximum Gasteiger partial charge on any atom is 0.0845 e. The molecular formula is C14H10Br2Cl2O. The van der Waals surface area contributed by atoms with Crippen LogP contribution in [-0.2, 0) is 6.42 Å². The number of aliphatic hydroxyl groups excluding tert-OH is 1. The fourth-order valence-corrected chi connectivity index (χ4v) is 3.17. The average molecular weight is 425 g/mol. The molecule has 0 aliphatic carbocycles. The lowest BCUT2D eigenvalue weighted by Crippen LogP contribution is -2.03. The Bertz CT molecular complexity index is 602. The molecule has 0 bridgehead atoms. The summed E-state index contributed by atoms with van der Waals surface area (Å²) in [7, 11) is 0. The first-order valence-corrected chi connectivity index (χ1v) is 7.89. The van der Waals surface area contributed by atoms with Gasteiger partial charge in [-0.25, -0.2) is 0 Å². The van der Waals surface area contributed by atoms with Crippen molar-refractivity contribution in [1.82, 2.24) is 0 Å². The van der Waals surface area contributed by atoms with Gasteiger partial charge in [0.2, 0.25) is 0 Å². The predicted molar refractivity (Wildman–Crippen MR) is 87.0 cm³/mol. The Kier molecular flexibility index (Phi) is 5.32. The van der Waals surface area contributed by atoms with Crippen molar-refractivity contribution in [3.63, 3.8) is 0 Å². The van der Waals surface area contributed by atoms with Crippen LogP contribution < -0.4 is 0 Å². The van der Waals surface area contributed by atoms with E-state index in [0.717, 1.165) is 14.5 Å². The van der Waals surface area contributed by atoms with Crippen LogP contribution in [0.1, 0.15) is 17.2 Å². The molecule has 1 N–H and O–H groups in total. The maximum absolute atomic E-state index is 10.3. The Morgan fingerprint density at radius 2 is 1.84 bits per heavy atom. The second-order valence-electron chi connectivity index (χ2n) is 4.10. The summed E-state index contributed by atoms with van der Waals surface area (Å²) in [4.78, 5) is 0. The van der Waals surface area contributed by atoms with Crippen molar-refractivity contribution in [2.45, 2.75) is 12.5 Å². The highest BCUT2D eigenvalue weighted by Crippen LogP contribution is 2.33. The zero-order valence-electron chi connectivity index (χ0n) is 9.71. The first kappa shape index (κ1) is 15.3. The van der Waals surface area contributed by atoms with Gasteiger partial charge in [-0.05, 0) is 39.7 Å². The monoisotopic (exact) mass is 422 g/mol. The van der Waals surface area contributed by atoms with Gasteiger partial charge in [-0.3, -0.25) is 0 Å². The van der Waals surface area contributed by atoms with E-state index in [0.29, 0.717) is 22.0 Å². The third kappa shape index (κ3) is 3.73. The van der Waals surface area contributed by atoms with Gasteiger partial charge >= 0.3 is 0 Å². The van der Waals surface area contributed by atoms with E-state index in [2.05, 4.69) is 31.9 Å². The molecule has 0 spiro atoms. The van der Waals surface area contributed by atoms with Gasteiger partial charge in [-0.15, -0.1) is 0 Å². The number of halogens is 4. The van der Waals surface area contributed by atoms with Crippen molar-refractivity contribution in [2.75, 3.05) is 0 Å². The molecule has 5 heteroatoms. The maximum atomic E-state index is 10.3. The van der Waals surface area contributed by atoms with Gasteiger partial charge in [0.25, 0.3) is 0 Å². The first-order valence-electron chi connectivity index (χ1n) is 5.55. The molecule has 2 rings (SSSR count). The van der Waals surface area contributed by atoms with E-state index in [9.17, 15) is 5.11 Å². The van der Waals surface area contributed by atoms with Crippen LogP contribution in [0.15, 0.2) is 45.3 Å². The minimum Gasteiger partial charge on any atom is -0.388 e. The zero-order valence-corrected chi connectivity index (χ0v) is 14.4. The van der Waals surface area contributed by atoms with Crippen LogP contribution in [0.2, 0.25) is 10.0 Å². The molecular weight excluding hydrogens is 415 g/mol. The van der Waals surface area contributed by atoms with Crippen LogP contribution in [0.3, 0.4) is 0 Å². The summed E-state index contributed by atoms with van der Waals surface area (Å²) in [6.45, 7) is 0. The van der Waals surface area contributed by atoms with Gasteiger partial charge in [-0.2, -0.15) is 0 Å². The lowest BCUT2D eigenvalue weighted by Gasteiger charge is -2.14. The van der Waals surface area contributed by atoms with E-state index in [1.807, 2.05) is 36.4 Å². The molecule has 1 nitrogen and oxygen atoms in total. The fraction of sp³-hybridized carbons (Fsp3) is 0.143. The molecule has 100 valence electrons. The van der Waals surface area contributed by atoms with Crippen molar-refractivity contribution >= 4 is 55.1 Å². The van der Waals surface area contributed by atoms with E-state index in [1.54, 1.807) is 0 Å². The summed E-state index contributed by atoms with van der Waals surface area (Å²) in [5, 5.41) is 11.5. The smallest absolute Gasteiger partial charge is 0.0845 e. The van der Waals surface area contributed by atoms with Gasteiger partial charge in [0.05, 0.1) is 11.1 Å². The molecule has 19 heavy (non-hydrogen) atoms. The van der Waals surface area contributed by atoms with Crippen LogP contribution in [0, 0.1) is 0 Å². The zero-order chi connectivity index (χ0) is 14.0. The number of benzene rings is 2. The molecule has 1 atom stereocenters. The highest BCUT2D eigenvalue weighted by atomic mass is 79.9. The first-order chi connectivity index (χ1) is 8.99. The van der Waals surface area contributed by atoms with Crippen molar-refractivity contribution in [3.05, 3.63) is 66.5 Å². The molecule has 0 aliphatic heterocycles. The number of rotatable bonds is 3. The molecule has 0 saturated heterocycles. The molecule has 0 radical (unpaired) electrons. The Morgan fingerprint density at radius 3 is 2.53 bits per heavy atom. The molecule has 0 saturated carbocycles. The van der Waals surface area contributed by atoms with Gasteiger partial charge in [0.15, 0.2) is 0 Å². The summed E-state index contributed by atoms with van der Waals surface area (Å²) in [5.41, 5.74) is 1.57. The number of hydrogen-bond donors (Lipinski definition) is 1. The molecule has 0 amide bonds. The summed E-state index contributed by atoms with van der Waals surface area (Å²) in [5.74, 6) is 0. The Morgan fingerprint density at radius 1 is 1.11 bits per heavy atom.